The lowest BCUT2D eigenvalue weighted by atomic mass is 10.0. The fourth-order valence-electron chi connectivity index (χ4n) is 3.96. The first-order chi connectivity index (χ1) is 12.3. The van der Waals surface area contributed by atoms with Gasteiger partial charge in [0.25, 0.3) is 0 Å². The Balaban J connectivity index is 1.33. The molecule has 4 nitrogen and oxygen atoms in total. The van der Waals surface area contributed by atoms with E-state index < -0.39 is 0 Å². The molecule has 1 aromatic heterocycles. The lowest BCUT2D eigenvalue weighted by molar-refractivity contribution is -0.139. The summed E-state index contributed by atoms with van der Waals surface area (Å²) in [7, 11) is 0. The average Bonchev–Trinajstić information content (AvgIpc) is 3.11. The second-order valence-electron chi connectivity index (χ2n) is 7.09. The maximum absolute atomic E-state index is 12.9. The van der Waals surface area contributed by atoms with Crippen molar-refractivity contribution in [2.24, 2.45) is 5.92 Å². The van der Waals surface area contributed by atoms with Gasteiger partial charge in [0.1, 0.15) is 0 Å². The monoisotopic (exact) mass is 336 g/mol. The van der Waals surface area contributed by atoms with E-state index in [1.807, 2.05) is 23.2 Å². The highest BCUT2D eigenvalue weighted by Gasteiger charge is 2.33. The predicted molar refractivity (Wildman–Crippen MR) is 96.0 cm³/mol. The SMILES string of the molecule is O=C(C1Cc2ccccc2C1)N1CCC[C@H](OCc2cccnc2)C1. The summed E-state index contributed by atoms with van der Waals surface area (Å²) in [5.74, 6) is 0.403. The molecule has 2 aromatic rings. The van der Waals surface area contributed by atoms with Crippen molar-refractivity contribution in [1.82, 2.24) is 9.88 Å². The Morgan fingerprint density at radius 1 is 1.16 bits per heavy atom. The Morgan fingerprint density at radius 2 is 1.96 bits per heavy atom. The van der Waals surface area contributed by atoms with Crippen LogP contribution in [0.1, 0.15) is 29.5 Å². The summed E-state index contributed by atoms with van der Waals surface area (Å²) in [5.41, 5.74) is 3.75. The molecule has 1 atom stereocenters. The van der Waals surface area contributed by atoms with Crippen LogP contribution in [0, 0.1) is 5.92 Å². The molecule has 130 valence electrons. The first-order valence-corrected chi connectivity index (χ1v) is 9.15. The maximum Gasteiger partial charge on any atom is 0.226 e. The van der Waals surface area contributed by atoms with Gasteiger partial charge in [-0.15, -0.1) is 0 Å². The van der Waals surface area contributed by atoms with Crippen LogP contribution in [-0.2, 0) is 29.0 Å². The van der Waals surface area contributed by atoms with Crippen molar-refractivity contribution >= 4 is 5.91 Å². The number of hydrogen-bond acceptors (Lipinski definition) is 3. The lowest BCUT2D eigenvalue weighted by Crippen LogP contribution is -2.45. The third-order valence-corrected chi connectivity index (χ3v) is 5.30. The summed E-state index contributed by atoms with van der Waals surface area (Å²) >= 11 is 0. The van der Waals surface area contributed by atoms with Crippen molar-refractivity contribution in [2.45, 2.75) is 38.4 Å². The molecule has 0 unspecified atom stereocenters. The lowest BCUT2D eigenvalue weighted by Gasteiger charge is -2.34. The number of likely N-dealkylation sites (tertiary alicyclic amines) is 1. The minimum Gasteiger partial charge on any atom is -0.372 e. The number of benzene rings is 1. The van der Waals surface area contributed by atoms with Crippen LogP contribution in [0.15, 0.2) is 48.8 Å². The number of aromatic nitrogens is 1. The van der Waals surface area contributed by atoms with Crippen molar-refractivity contribution in [2.75, 3.05) is 13.1 Å². The van der Waals surface area contributed by atoms with Crippen LogP contribution in [-0.4, -0.2) is 35.0 Å². The van der Waals surface area contributed by atoms with Gasteiger partial charge in [-0.1, -0.05) is 30.3 Å². The van der Waals surface area contributed by atoms with Crippen LogP contribution in [0.2, 0.25) is 0 Å². The van der Waals surface area contributed by atoms with Gasteiger partial charge in [-0.05, 0) is 48.4 Å². The fourth-order valence-corrected chi connectivity index (χ4v) is 3.96. The number of piperidine rings is 1. The quantitative estimate of drug-likeness (QED) is 0.862. The van der Waals surface area contributed by atoms with Crippen molar-refractivity contribution in [3.63, 3.8) is 0 Å². The van der Waals surface area contributed by atoms with Gasteiger partial charge in [-0.3, -0.25) is 9.78 Å². The average molecular weight is 336 g/mol. The fraction of sp³-hybridized carbons (Fsp3) is 0.429. The molecule has 0 N–H and O–H groups in total. The number of pyridine rings is 1. The molecule has 2 aliphatic rings. The van der Waals surface area contributed by atoms with Gasteiger partial charge in [0.2, 0.25) is 5.91 Å². The number of rotatable bonds is 4. The zero-order valence-electron chi connectivity index (χ0n) is 14.4. The van der Waals surface area contributed by atoms with Crippen LogP contribution in [0.25, 0.3) is 0 Å². The predicted octanol–water partition coefficient (Wildman–Crippen LogP) is 3.00. The van der Waals surface area contributed by atoms with Gasteiger partial charge in [0.05, 0.1) is 12.7 Å². The van der Waals surface area contributed by atoms with Gasteiger partial charge in [-0.25, -0.2) is 0 Å². The maximum atomic E-state index is 12.9. The van der Waals surface area contributed by atoms with Crippen molar-refractivity contribution < 1.29 is 9.53 Å². The highest BCUT2D eigenvalue weighted by Crippen LogP contribution is 2.29. The second-order valence-corrected chi connectivity index (χ2v) is 7.09. The molecule has 0 spiro atoms. The van der Waals surface area contributed by atoms with E-state index in [9.17, 15) is 4.79 Å². The highest BCUT2D eigenvalue weighted by atomic mass is 16.5. The Labute approximate surface area is 148 Å². The molecule has 1 aliphatic carbocycles. The first kappa shape index (κ1) is 16.3. The molecule has 1 amide bonds. The molecule has 1 saturated heterocycles. The molecule has 0 radical (unpaired) electrons. The molecule has 0 bridgehead atoms. The zero-order valence-corrected chi connectivity index (χ0v) is 14.4. The van der Waals surface area contributed by atoms with Gasteiger partial charge >= 0.3 is 0 Å². The molecule has 4 rings (SSSR count). The molecule has 1 fully saturated rings. The Hall–Kier alpha value is -2.20. The summed E-state index contributed by atoms with van der Waals surface area (Å²) in [6, 6.07) is 12.4. The summed E-state index contributed by atoms with van der Waals surface area (Å²) in [6.45, 7) is 2.14. The van der Waals surface area contributed by atoms with Crippen molar-refractivity contribution in [1.29, 1.82) is 0 Å². The van der Waals surface area contributed by atoms with E-state index in [2.05, 4.69) is 29.2 Å². The Bertz CT molecular complexity index is 707. The number of carbonyl (C=O) groups is 1. The minimum absolute atomic E-state index is 0.106. The van der Waals surface area contributed by atoms with Crippen LogP contribution >= 0.6 is 0 Å². The number of fused-ring (bicyclic) bond motifs is 1. The molecular weight excluding hydrogens is 312 g/mol. The number of nitrogens with zero attached hydrogens (tertiary/aromatic N) is 2. The van der Waals surface area contributed by atoms with E-state index >= 15 is 0 Å². The van der Waals surface area contributed by atoms with E-state index in [0.29, 0.717) is 19.1 Å². The number of carbonyl (C=O) groups excluding carboxylic acids is 1. The van der Waals surface area contributed by atoms with Crippen molar-refractivity contribution in [3.05, 3.63) is 65.5 Å². The van der Waals surface area contributed by atoms with E-state index in [0.717, 1.165) is 37.8 Å². The molecule has 1 aliphatic heterocycles. The Kier molecular flexibility index (Phi) is 4.79. The van der Waals surface area contributed by atoms with Gasteiger partial charge in [0.15, 0.2) is 0 Å². The number of hydrogen-bond donors (Lipinski definition) is 0. The minimum atomic E-state index is 0.106. The smallest absolute Gasteiger partial charge is 0.226 e. The summed E-state index contributed by atoms with van der Waals surface area (Å²) < 4.78 is 6.04. The zero-order chi connectivity index (χ0) is 17.1. The van der Waals surface area contributed by atoms with E-state index in [4.69, 9.17) is 4.74 Å². The standard InChI is InChI=1S/C21H24N2O2/c24-21(19-11-17-6-1-2-7-18(17)12-19)23-10-4-8-20(14-23)25-15-16-5-3-9-22-13-16/h1-3,5-7,9,13,19-20H,4,8,10-12,14-15H2/t20-/m0/s1. The molecular formula is C21H24N2O2. The molecule has 25 heavy (non-hydrogen) atoms. The molecule has 4 heteroatoms. The molecule has 2 heterocycles. The summed E-state index contributed by atoms with van der Waals surface area (Å²) in [5, 5.41) is 0. The third kappa shape index (κ3) is 3.74. The molecule has 0 saturated carbocycles. The molecule has 1 aromatic carbocycles. The normalized spacial score (nSPS) is 20.5. The van der Waals surface area contributed by atoms with E-state index in [1.54, 1.807) is 6.20 Å². The Morgan fingerprint density at radius 3 is 2.68 bits per heavy atom. The van der Waals surface area contributed by atoms with Crippen LogP contribution < -0.4 is 0 Å². The summed E-state index contributed by atoms with van der Waals surface area (Å²) in [6.07, 6.45) is 7.53. The highest BCUT2D eigenvalue weighted by molar-refractivity contribution is 5.80. The van der Waals surface area contributed by atoms with E-state index in [-0.39, 0.29) is 12.0 Å². The topological polar surface area (TPSA) is 42.4 Å². The van der Waals surface area contributed by atoms with Gasteiger partial charge in [0, 0.05) is 31.4 Å². The van der Waals surface area contributed by atoms with Crippen molar-refractivity contribution in [3.8, 4) is 0 Å². The van der Waals surface area contributed by atoms with Crippen LogP contribution in [0.5, 0.6) is 0 Å². The van der Waals surface area contributed by atoms with Gasteiger partial charge < -0.3 is 9.64 Å². The third-order valence-electron chi connectivity index (χ3n) is 5.30. The van der Waals surface area contributed by atoms with Crippen LogP contribution in [0.3, 0.4) is 0 Å². The van der Waals surface area contributed by atoms with Crippen LogP contribution in [0.4, 0.5) is 0 Å². The first-order valence-electron chi connectivity index (χ1n) is 9.15. The number of amides is 1. The largest absolute Gasteiger partial charge is 0.372 e. The number of ether oxygens (including phenoxy) is 1. The second kappa shape index (κ2) is 7.36. The van der Waals surface area contributed by atoms with Gasteiger partial charge in [-0.2, -0.15) is 0 Å². The summed E-state index contributed by atoms with van der Waals surface area (Å²) in [4.78, 5) is 19.1. The van der Waals surface area contributed by atoms with E-state index in [1.165, 1.54) is 11.1 Å².